The molecule has 0 radical (unpaired) electrons. The summed E-state index contributed by atoms with van der Waals surface area (Å²) in [7, 11) is 1.67. The highest BCUT2D eigenvalue weighted by atomic mass is 16.5. The van der Waals surface area contributed by atoms with E-state index in [0.29, 0.717) is 0 Å². The predicted octanol–water partition coefficient (Wildman–Crippen LogP) is 3.24. The van der Waals surface area contributed by atoms with Gasteiger partial charge in [0.15, 0.2) is 0 Å². The molecule has 3 aromatic rings. The lowest BCUT2D eigenvalue weighted by molar-refractivity contribution is 0.414. The summed E-state index contributed by atoms with van der Waals surface area (Å²) in [5.74, 6) is 0.833. The molecule has 19 heavy (non-hydrogen) atoms. The van der Waals surface area contributed by atoms with Gasteiger partial charge in [0.05, 0.1) is 12.8 Å². The second kappa shape index (κ2) is 4.76. The fraction of sp³-hybridized carbons (Fsp3) is 0.188. The number of imidazole rings is 1. The minimum Gasteiger partial charge on any atom is -0.497 e. The van der Waals surface area contributed by atoms with E-state index in [1.54, 1.807) is 7.11 Å². The molecule has 0 amide bonds. The lowest BCUT2D eigenvalue weighted by Gasteiger charge is -1.98. The summed E-state index contributed by atoms with van der Waals surface area (Å²) in [6.07, 6.45) is 4.89. The number of fused-ring (bicyclic) bond motifs is 1. The molecule has 0 aliphatic heterocycles. The maximum atomic E-state index is 5.21. The Labute approximate surface area is 112 Å². The van der Waals surface area contributed by atoms with Crippen molar-refractivity contribution in [1.82, 2.24) is 9.38 Å². The van der Waals surface area contributed by atoms with Gasteiger partial charge in [-0.05, 0) is 18.6 Å². The van der Waals surface area contributed by atoms with E-state index in [4.69, 9.17) is 4.74 Å². The number of benzene rings is 1. The van der Waals surface area contributed by atoms with Crippen LogP contribution in [0.4, 0.5) is 0 Å². The van der Waals surface area contributed by atoms with Gasteiger partial charge in [0.1, 0.15) is 11.4 Å². The molecule has 2 aromatic heterocycles. The quantitative estimate of drug-likeness (QED) is 0.715. The van der Waals surface area contributed by atoms with Gasteiger partial charge in [-0.15, -0.1) is 0 Å². The first-order valence-electron chi connectivity index (χ1n) is 6.32. The zero-order valence-electron chi connectivity index (χ0n) is 11.1. The van der Waals surface area contributed by atoms with E-state index in [1.807, 2.05) is 22.7 Å². The zero-order valence-corrected chi connectivity index (χ0v) is 11.1. The molecular formula is C16H16N2O. The molecule has 0 unspecified atom stereocenters. The number of ether oxygens (including phenoxy) is 1. The van der Waals surface area contributed by atoms with Crippen LogP contribution in [0.3, 0.4) is 0 Å². The topological polar surface area (TPSA) is 26.5 Å². The molecule has 1 aromatic carbocycles. The second-order valence-electron chi connectivity index (χ2n) is 4.73. The van der Waals surface area contributed by atoms with E-state index >= 15 is 0 Å². The largest absolute Gasteiger partial charge is 0.497 e. The Hall–Kier alpha value is -2.29. The summed E-state index contributed by atoms with van der Waals surface area (Å²) in [4.78, 5) is 4.62. The highest BCUT2D eigenvalue weighted by molar-refractivity contribution is 5.46. The van der Waals surface area contributed by atoms with Crippen molar-refractivity contribution in [3.8, 4) is 5.75 Å². The van der Waals surface area contributed by atoms with Crippen LogP contribution in [-0.2, 0) is 6.42 Å². The summed E-state index contributed by atoms with van der Waals surface area (Å²) in [5.41, 5.74) is 4.54. The van der Waals surface area contributed by atoms with Crippen molar-refractivity contribution in [1.29, 1.82) is 0 Å². The van der Waals surface area contributed by atoms with Crippen molar-refractivity contribution in [3.05, 3.63) is 65.6 Å². The predicted molar refractivity (Wildman–Crippen MR) is 75.7 cm³/mol. The second-order valence-corrected chi connectivity index (χ2v) is 4.73. The number of rotatable bonds is 3. The van der Waals surface area contributed by atoms with E-state index in [1.165, 1.54) is 11.1 Å². The number of aryl methyl sites for hydroxylation is 1. The summed E-state index contributed by atoms with van der Waals surface area (Å²) < 4.78 is 7.23. The molecule has 0 saturated carbocycles. The average Bonchev–Trinajstić information content (AvgIpc) is 2.82. The van der Waals surface area contributed by atoms with E-state index in [-0.39, 0.29) is 0 Å². The molecular weight excluding hydrogens is 236 g/mol. The standard InChI is InChI=1S/C16H16N2O/c1-12-3-5-13(6-4-12)9-14-11-18-8-7-15(19-2)10-16(18)17-14/h3-8,10-11H,9H2,1-2H3. The van der Waals surface area contributed by atoms with Gasteiger partial charge in [-0.2, -0.15) is 0 Å². The Balaban J connectivity index is 1.90. The Morgan fingerprint density at radius 2 is 1.95 bits per heavy atom. The Morgan fingerprint density at radius 1 is 1.16 bits per heavy atom. The first kappa shape index (κ1) is 11.8. The molecule has 0 fully saturated rings. The van der Waals surface area contributed by atoms with Crippen LogP contribution in [0, 0.1) is 6.92 Å². The van der Waals surface area contributed by atoms with Crippen LogP contribution in [0.25, 0.3) is 5.65 Å². The van der Waals surface area contributed by atoms with Gasteiger partial charge in [-0.1, -0.05) is 29.8 Å². The Morgan fingerprint density at radius 3 is 2.68 bits per heavy atom. The van der Waals surface area contributed by atoms with E-state index in [9.17, 15) is 0 Å². The molecule has 3 heteroatoms. The number of nitrogens with zero attached hydrogens (tertiary/aromatic N) is 2. The SMILES string of the molecule is COc1ccn2cc(Cc3ccc(C)cc3)nc2c1. The number of hydrogen-bond donors (Lipinski definition) is 0. The summed E-state index contributed by atoms with van der Waals surface area (Å²) >= 11 is 0. The van der Waals surface area contributed by atoms with Gasteiger partial charge in [0.25, 0.3) is 0 Å². The van der Waals surface area contributed by atoms with Gasteiger partial charge in [-0.3, -0.25) is 0 Å². The van der Waals surface area contributed by atoms with Crippen molar-refractivity contribution in [2.75, 3.05) is 7.11 Å². The maximum Gasteiger partial charge on any atom is 0.140 e. The van der Waals surface area contributed by atoms with Crippen molar-refractivity contribution in [2.45, 2.75) is 13.3 Å². The van der Waals surface area contributed by atoms with Crippen LogP contribution in [0.15, 0.2) is 48.8 Å². The highest BCUT2D eigenvalue weighted by Gasteiger charge is 2.04. The molecule has 0 aliphatic carbocycles. The number of pyridine rings is 1. The van der Waals surface area contributed by atoms with Gasteiger partial charge < -0.3 is 9.14 Å². The maximum absolute atomic E-state index is 5.21. The van der Waals surface area contributed by atoms with Gasteiger partial charge in [-0.25, -0.2) is 4.98 Å². The number of hydrogen-bond acceptors (Lipinski definition) is 2. The zero-order chi connectivity index (χ0) is 13.2. The lowest BCUT2D eigenvalue weighted by Crippen LogP contribution is -1.87. The van der Waals surface area contributed by atoms with Crippen LogP contribution in [0.2, 0.25) is 0 Å². The third kappa shape index (κ3) is 2.45. The van der Waals surface area contributed by atoms with Crippen molar-refractivity contribution >= 4 is 5.65 Å². The van der Waals surface area contributed by atoms with Gasteiger partial charge in [0.2, 0.25) is 0 Å². The first-order chi connectivity index (χ1) is 9.24. The van der Waals surface area contributed by atoms with Crippen LogP contribution >= 0.6 is 0 Å². The molecule has 0 aliphatic rings. The normalized spacial score (nSPS) is 10.8. The molecule has 0 saturated heterocycles. The Bertz CT molecular complexity index is 698. The number of methoxy groups -OCH3 is 1. The van der Waals surface area contributed by atoms with Gasteiger partial charge >= 0.3 is 0 Å². The molecule has 3 rings (SSSR count). The minimum atomic E-state index is 0.833. The van der Waals surface area contributed by atoms with Crippen LogP contribution in [0.5, 0.6) is 5.75 Å². The minimum absolute atomic E-state index is 0.833. The van der Waals surface area contributed by atoms with Crippen LogP contribution in [0.1, 0.15) is 16.8 Å². The summed E-state index contributed by atoms with van der Waals surface area (Å²) in [6.45, 7) is 2.10. The molecule has 2 heterocycles. The molecule has 0 bridgehead atoms. The van der Waals surface area contributed by atoms with Gasteiger partial charge in [0, 0.05) is 24.9 Å². The fourth-order valence-corrected chi connectivity index (χ4v) is 2.14. The fourth-order valence-electron chi connectivity index (χ4n) is 2.14. The van der Waals surface area contributed by atoms with E-state index in [2.05, 4.69) is 42.4 Å². The first-order valence-corrected chi connectivity index (χ1v) is 6.32. The van der Waals surface area contributed by atoms with E-state index < -0.39 is 0 Å². The number of aromatic nitrogens is 2. The van der Waals surface area contributed by atoms with E-state index in [0.717, 1.165) is 23.5 Å². The molecule has 0 spiro atoms. The third-order valence-electron chi connectivity index (χ3n) is 3.22. The molecule has 0 N–H and O–H groups in total. The third-order valence-corrected chi connectivity index (χ3v) is 3.22. The molecule has 96 valence electrons. The molecule has 3 nitrogen and oxygen atoms in total. The van der Waals surface area contributed by atoms with Crippen LogP contribution in [-0.4, -0.2) is 16.5 Å². The van der Waals surface area contributed by atoms with Crippen molar-refractivity contribution in [2.24, 2.45) is 0 Å². The monoisotopic (exact) mass is 252 g/mol. The van der Waals surface area contributed by atoms with Crippen molar-refractivity contribution < 1.29 is 4.74 Å². The summed E-state index contributed by atoms with van der Waals surface area (Å²) in [5, 5.41) is 0. The Kier molecular flexibility index (Phi) is 2.95. The van der Waals surface area contributed by atoms with Crippen LogP contribution < -0.4 is 4.74 Å². The highest BCUT2D eigenvalue weighted by Crippen LogP contribution is 2.16. The smallest absolute Gasteiger partial charge is 0.140 e. The van der Waals surface area contributed by atoms with Crippen molar-refractivity contribution in [3.63, 3.8) is 0 Å². The summed E-state index contributed by atoms with van der Waals surface area (Å²) in [6, 6.07) is 12.4. The molecule has 0 atom stereocenters. The average molecular weight is 252 g/mol. The lowest BCUT2D eigenvalue weighted by atomic mass is 10.1.